The number of benzene rings is 2. The Morgan fingerprint density at radius 2 is 2.07 bits per heavy atom. The van der Waals surface area contributed by atoms with Crippen molar-refractivity contribution >= 4 is 34.1 Å². The third-order valence-electron chi connectivity index (χ3n) is 4.33. The van der Waals surface area contributed by atoms with Crippen LogP contribution in [0.2, 0.25) is 0 Å². The van der Waals surface area contributed by atoms with Crippen LogP contribution in [0.5, 0.6) is 0 Å². The van der Waals surface area contributed by atoms with Gasteiger partial charge in [0.25, 0.3) is 0 Å². The number of aromatic nitrogens is 3. The van der Waals surface area contributed by atoms with Crippen LogP contribution in [0.15, 0.2) is 40.8 Å². The fraction of sp³-hybridized carbons (Fsp3) is 0.200. The molecule has 4 aromatic rings. The summed E-state index contributed by atoms with van der Waals surface area (Å²) in [4.78, 5) is 10.9. The predicted octanol–water partition coefficient (Wildman–Crippen LogP) is 3.66. The van der Waals surface area contributed by atoms with Crippen LogP contribution in [-0.2, 0) is 13.6 Å². The summed E-state index contributed by atoms with van der Waals surface area (Å²) in [5.74, 6) is 2.83. The molecule has 0 spiro atoms. The van der Waals surface area contributed by atoms with Gasteiger partial charge in [0.05, 0.1) is 17.6 Å². The Bertz CT molecular complexity index is 1170. The molecule has 136 valence electrons. The van der Waals surface area contributed by atoms with Gasteiger partial charge in [0.15, 0.2) is 5.58 Å². The Labute approximate surface area is 155 Å². The molecule has 0 amide bonds. The number of hydrogen-bond acceptors (Lipinski definition) is 5. The van der Waals surface area contributed by atoms with E-state index < -0.39 is 0 Å². The standard InChI is InChI=1S/C20H18FN5O/c1-4-9-25(2)12-13-5-8-18-16(10-13)23-20(27-18)24-19-22-15-11-14(21)6-7-17(15)26(19)3/h1,5-8,10-11H,9,12H2,2-3H3,(H,22,23,24). The minimum atomic E-state index is -0.323. The Morgan fingerprint density at radius 3 is 2.89 bits per heavy atom. The Kier molecular flexibility index (Phi) is 4.26. The van der Waals surface area contributed by atoms with Gasteiger partial charge in [-0.2, -0.15) is 4.98 Å². The van der Waals surface area contributed by atoms with Gasteiger partial charge in [-0.1, -0.05) is 12.0 Å². The molecule has 7 heteroatoms. The summed E-state index contributed by atoms with van der Waals surface area (Å²) in [6.45, 7) is 1.31. The highest BCUT2D eigenvalue weighted by Gasteiger charge is 2.13. The second-order valence-electron chi connectivity index (χ2n) is 6.45. The topological polar surface area (TPSA) is 59.1 Å². The Hall–Kier alpha value is -3.37. The molecular formula is C20H18FN5O. The molecule has 1 N–H and O–H groups in total. The Morgan fingerprint density at radius 1 is 1.22 bits per heavy atom. The molecule has 0 fully saturated rings. The van der Waals surface area contributed by atoms with E-state index in [1.807, 2.05) is 41.8 Å². The molecule has 27 heavy (non-hydrogen) atoms. The summed E-state index contributed by atoms with van der Waals surface area (Å²) in [6, 6.07) is 10.7. The van der Waals surface area contributed by atoms with E-state index in [0.29, 0.717) is 29.6 Å². The quantitative estimate of drug-likeness (QED) is 0.549. The maximum atomic E-state index is 13.4. The summed E-state index contributed by atoms with van der Waals surface area (Å²) in [5, 5.41) is 3.07. The third-order valence-corrected chi connectivity index (χ3v) is 4.33. The highest BCUT2D eigenvalue weighted by Crippen LogP contribution is 2.25. The van der Waals surface area contributed by atoms with Crippen molar-refractivity contribution in [3.05, 3.63) is 47.8 Å². The van der Waals surface area contributed by atoms with E-state index >= 15 is 0 Å². The maximum Gasteiger partial charge on any atom is 0.302 e. The van der Waals surface area contributed by atoms with Gasteiger partial charge in [0.2, 0.25) is 5.95 Å². The summed E-state index contributed by atoms with van der Waals surface area (Å²) in [6.07, 6.45) is 5.34. The minimum absolute atomic E-state index is 0.323. The number of imidazole rings is 1. The van der Waals surface area contributed by atoms with Crippen molar-refractivity contribution in [3.63, 3.8) is 0 Å². The second kappa shape index (κ2) is 6.74. The zero-order chi connectivity index (χ0) is 19.0. The van der Waals surface area contributed by atoms with Gasteiger partial charge in [0.1, 0.15) is 11.3 Å². The fourth-order valence-corrected chi connectivity index (χ4v) is 3.03. The van der Waals surface area contributed by atoms with Crippen LogP contribution in [0.3, 0.4) is 0 Å². The normalized spacial score (nSPS) is 11.4. The molecule has 2 heterocycles. The van der Waals surface area contributed by atoms with Crippen molar-refractivity contribution < 1.29 is 8.81 Å². The smallest absolute Gasteiger partial charge is 0.302 e. The number of fused-ring (bicyclic) bond motifs is 2. The number of nitrogens with zero attached hydrogens (tertiary/aromatic N) is 4. The van der Waals surface area contributed by atoms with Gasteiger partial charge < -0.3 is 8.98 Å². The van der Waals surface area contributed by atoms with Crippen molar-refractivity contribution in [2.45, 2.75) is 6.54 Å². The lowest BCUT2D eigenvalue weighted by atomic mass is 10.2. The first-order valence-corrected chi connectivity index (χ1v) is 8.44. The molecule has 2 aromatic carbocycles. The van der Waals surface area contributed by atoms with Gasteiger partial charge in [0, 0.05) is 19.7 Å². The van der Waals surface area contributed by atoms with Crippen LogP contribution in [0.25, 0.3) is 22.1 Å². The fourth-order valence-electron chi connectivity index (χ4n) is 3.03. The van der Waals surface area contributed by atoms with Crippen LogP contribution in [0.4, 0.5) is 16.4 Å². The second-order valence-corrected chi connectivity index (χ2v) is 6.45. The van der Waals surface area contributed by atoms with E-state index in [9.17, 15) is 4.39 Å². The molecule has 4 rings (SSSR count). The van der Waals surface area contributed by atoms with E-state index in [4.69, 9.17) is 10.8 Å². The summed E-state index contributed by atoms with van der Waals surface area (Å²) < 4.78 is 21.0. The Balaban J connectivity index is 1.61. The molecule has 0 saturated heterocycles. The van der Waals surface area contributed by atoms with Crippen LogP contribution < -0.4 is 5.32 Å². The third kappa shape index (κ3) is 3.35. The molecule has 0 saturated carbocycles. The molecule has 0 bridgehead atoms. The largest absolute Gasteiger partial charge is 0.423 e. The number of halogens is 1. The first-order chi connectivity index (χ1) is 13.0. The maximum absolute atomic E-state index is 13.4. The molecule has 0 aliphatic carbocycles. The number of aryl methyl sites for hydroxylation is 1. The van der Waals surface area contributed by atoms with Crippen LogP contribution in [0.1, 0.15) is 5.56 Å². The summed E-state index contributed by atoms with van der Waals surface area (Å²) in [5.41, 5.74) is 3.89. The molecular weight excluding hydrogens is 345 g/mol. The van der Waals surface area contributed by atoms with Gasteiger partial charge in [-0.15, -0.1) is 6.42 Å². The average Bonchev–Trinajstić information content (AvgIpc) is 3.15. The van der Waals surface area contributed by atoms with Crippen molar-refractivity contribution in [1.29, 1.82) is 0 Å². The number of nitrogens with one attached hydrogen (secondary N) is 1. The highest BCUT2D eigenvalue weighted by molar-refractivity contribution is 5.80. The first-order valence-electron chi connectivity index (χ1n) is 8.44. The minimum Gasteiger partial charge on any atom is -0.423 e. The first kappa shape index (κ1) is 17.1. The van der Waals surface area contributed by atoms with Crippen LogP contribution in [0, 0.1) is 18.2 Å². The van der Waals surface area contributed by atoms with Crippen molar-refractivity contribution in [2.75, 3.05) is 18.9 Å². The van der Waals surface area contributed by atoms with Crippen molar-refractivity contribution in [3.8, 4) is 12.3 Å². The van der Waals surface area contributed by atoms with Gasteiger partial charge >= 0.3 is 6.01 Å². The average molecular weight is 363 g/mol. The molecule has 0 radical (unpaired) electrons. The lowest BCUT2D eigenvalue weighted by Crippen LogP contribution is -2.17. The number of terminal acetylenes is 1. The monoisotopic (exact) mass is 363 g/mol. The van der Waals surface area contributed by atoms with E-state index in [0.717, 1.165) is 23.1 Å². The number of rotatable bonds is 5. The highest BCUT2D eigenvalue weighted by atomic mass is 19.1. The van der Waals surface area contributed by atoms with E-state index in [2.05, 4.69) is 21.2 Å². The van der Waals surface area contributed by atoms with Crippen LogP contribution in [-0.4, -0.2) is 33.0 Å². The van der Waals surface area contributed by atoms with Gasteiger partial charge in [-0.05, 0) is 36.9 Å². The van der Waals surface area contributed by atoms with Crippen LogP contribution >= 0.6 is 0 Å². The number of oxazole rings is 1. The molecule has 0 aliphatic heterocycles. The lowest BCUT2D eigenvalue weighted by Gasteiger charge is -2.12. The lowest BCUT2D eigenvalue weighted by molar-refractivity contribution is 0.369. The molecule has 0 atom stereocenters. The number of hydrogen-bond donors (Lipinski definition) is 1. The number of anilines is 2. The van der Waals surface area contributed by atoms with E-state index in [1.54, 1.807) is 6.07 Å². The van der Waals surface area contributed by atoms with E-state index in [-0.39, 0.29) is 5.82 Å². The van der Waals surface area contributed by atoms with Crippen molar-refractivity contribution in [2.24, 2.45) is 7.05 Å². The summed E-state index contributed by atoms with van der Waals surface area (Å²) in [7, 11) is 3.81. The summed E-state index contributed by atoms with van der Waals surface area (Å²) >= 11 is 0. The molecule has 6 nitrogen and oxygen atoms in total. The zero-order valence-electron chi connectivity index (χ0n) is 15.0. The molecule has 2 aromatic heterocycles. The SMILES string of the molecule is C#CCN(C)Cc1ccc2oc(Nc3nc4cc(F)ccc4n3C)nc2c1. The molecule has 0 unspecified atom stereocenters. The van der Waals surface area contributed by atoms with Gasteiger partial charge in [-0.25, -0.2) is 9.37 Å². The zero-order valence-corrected chi connectivity index (χ0v) is 15.0. The molecule has 0 aliphatic rings. The van der Waals surface area contributed by atoms with E-state index in [1.165, 1.54) is 12.1 Å². The van der Waals surface area contributed by atoms with Gasteiger partial charge in [-0.3, -0.25) is 10.2 Å². The van der Waals surface area contributed by atoms with Crippen molar-refractivity contribution in [1.82, 2.24) is 19.4 Å². The predicted molar refractivity (Wildman–Crippen MR) is 103 cm³/mol.